The number of nitrogens with one attached hydrogen (secondary N) is 7. The number of carbonyl (C=O) groups excluding carboxylic acids is 5. The number of esters is 1. The Hall–Kier alpha value is -4.82. The molecule has 24 heteroatoms. The number of anilines is 1. The molecule has 2 aliphatic rings. The van der Waals surface area contributed by atoms with Crippen LogP contribution in [0.5, 0.6) is 11.5 Å². The summed E-state index contributed by atoms with van der Waals surface area (Å²) in [6.07, 6.45) is 9.09. The number of carbonyl (C=O) groups is 5. The van der Waals surface area contributed by atoms with Gasteiger partial charge in [-0.15, -0.1) is 0 Å². The zero-order valence-electron chi connectivity index (χ0n) is 46.8. The molecule has 5 amide bonds. The minimum Gasteiger partial charge on any atom is -0.494 e. The lowest BCUT2D eigenvalue weighted by atomic mass is 10.0. The van der Waals surface area contributed by atoms with Gasteiger partial charge in [0, 0.05) is 102 Å². The van der Waals surface area contributed by atoms with Gasteiger partial charge in [-0.2, -0.15) is 45.8 Å². The maximum Gasteiger partial charge on any atom is 0.343 e. The summed E-state index contributed by atoms with van der Waals surface area (Å²) >= 11 is 11.2. The normalized spacial score (nSPS) is 16.3. The van der Waals surface area contributed by atoms with Gasteiger partial charge in [0.05, 0.1) is 50.7 Å². The molecule has 81 heavy (non-hydrogen) atoms. The molecule has 2 fully saturated rings. The predicted molar refractivity (Wildman–Crippen MR) is 312 cm³/mol. The van der Waals surface area contributed by atoms with Crippen molar-refractivity contribution in [2.45, 2.75) is 131 Å². The van der Waals surface area contributed by atoms with Crippen LogP contribution in [0.3, 0.4) is 0 Å². The second kappa shape index (κ2) is 34.7. The summed E-state index contributed by atoms with van der Waals surface area (Å²) in [6, 6.07) is 10.3. The highest BCUT2D eigenvalue weighted by Gasteiger charge is 2.42. The fourth-order valence-corrected chi connectivity index (χ4v) is 10.4. The SMILES string of the molecule is CC(C)(S)CNCC(CCCCCOc1ccc(C(=O)Nc2cc(C(=O)NCCCOCCOCCOCCCNC(=O)CCCCCC3SCC4NC(=O)NC43)cc(C(=O)Oc3c(F)c(F)cc(F)c3F)c2)cc1)NCC(C)(C)S. The maximum atomic E-state index is 14.5. The fourth-order valence-electron chi connectivity index (χ4n) is 8.69. The van der Waals surface area contributed by atoms with E-state index in [1.54, 1.807) is 12.1 Å². The molecule has 3 aromatic carbocycles. The van der Waals surface area contributed by atoms with E-state index in [1.807, 2.05) is 11.8 Å². The van der Waals surface area contributed by atoms with Gasteiger partial charge in [-0.25, -0.2) is 18.4 Å². The van der Waals surface area contributed by atoms with Gasteiger partial charge in [-0.3, -0.25) is 14.4 Å². The predicted octanol–water partition coefficient (Wildman–Crippen LogP) is 8.41. The molecule has 4 unspecified atom stereocenters. The van der Waals surface area contributed by atoms with Crippen LogP contribution in [0.25, 0.3) is 0 Å². The summed E-state index contributed by atoms with van der Waals surface area (Å²) in [4.78, 5) is 63.8. The maximum absolute atomic E-state index is 14.5. The molecule has 0 aliphatic carbocycles. The molecule has 7 N–H and O–H groups in total. The van der Waals surface area contributed by atoms with Crippen molar-refractivity contribution in [3.63, 3.8) is 0 Å². The van der Waals surface area contributed by atoms with Gasteiger partial charge in [0.15, 0.2) is 11.6 Å². The van der Waals surface area contributed by atoms with Crippen LogP contribution in [0, 0.1) is 23.3 Å². The van der Waals surface area contributed by atoms with E-state index in [0.29, 0.717) is 69.8 Å². The second-order valence-electron chi connectivity index (χ2n) is 21.4. The van der Waals surface area contributed by atoms with Gasteiger partial charge in [-0.1, -0.05) is 25.7 Å². The molecular weight excluding hydrogens is 1110 g/mol. The van der Waals surface area contributed by atoms with Gasteiger partial charge in [-0.05, 0) is 109 Å². The van der Waals surface area contributed by atoms with Crippen molar-refractivity contribution in [2.75, 3.05) is 90.0 Å². The fraction of sp³-hybridized carbons (Fsp3) is 0.596. The number of rotatable bonds is 39. The molecular formula is C57H81F4N7O10S3. The van der Waals surface area contributed by atoms with Crippen molar-refractivity contribution >= 4 is 72.4 Å². The van der Waals surface area contributed by atoms with Gasteiger partial charge in [0.1, 0.15) is 5.75 Å². The summed E-state index contributed by atoms with van der Waals surface area (Å²) in [7, 11) is 0. The van der Waals surface area contributed by atoms with Crippen molar-refractivity contribution in [1.29, 1.82) is 0 Å². The third-order valence-corrected chi connectivity index (χ3v) is 14.7. The third-order valence-electron chi connectivity index (χ3n) is 12.9. The minimum atomic E-state index is -1.94. The monoisotopic (exact) mass is 1200 g/mol. The van der Waals surface area contributed by atoms with Crippen LogP contribution in [0.1, 0.15) is 129 Å². The van der Waals surface area contributed by atoms with Gasteiger partial charge in [0.2, 0.25) is 23.3 Å². The number of thioether (sulfide) groups is 1. The van der Waals surface area contributed by atoms with Crippen LogP contribution < -0.4 is 46.7 Å². The van der Waals surface area contributed by atoms with Crippen LogP contribution in [0.4, 0.5) is 28.0 Å². The highest BCUT2D eigenvalue weighted by molar-refractivity contribution is 8.00. The molecule has 4 atom stereocenters. The lowest BCUT2D eigenvalue weighted by molar-refractivity contribution is -0.121. The molecule has 0 aromatic heterocycles. The smallest absolute Gasteiger partial charge is 0.343 e. The van der Waals surface area contributed by atoms with E-state index in [2.05, 4.69) is 90.2 Å². The van der Waals surface area contributed by atoms with Crippen molar-refractivity contribution < 1.29 is 65.2 Å². The van der Waals surface area contributed by atoms with E-state index in [4.69, 9.17) is 23.7 Å². The number of thiol groups is 2. The standard InChI is InChI=1S/C57H81F4N7O10S3/c1-56(2,79)35-62-33-40(65-36-57(3,4)80)13-7-6-10-24-77-42-18-16-37(17-19-42)53(71)66-41-30-38(29-39(31-41)54(72)78-51-48(60)43(58)32-44(59)49(51)61)52(70)64-21-12-23-75-26-28-76-27-25-74-22-11-20-63-47(69)15-9-5-8-14-46-50-45(34-81-46)67-55(73)68-50/h16-19,29-32,40,45-46,50,62,65,79-80H,5-15,20-28,33-36H2,1-4H3,(H,63,69)(H,64,70)(H,66,71)(H2,67,68,73). The minimum absolute atomic E-state index is 0.0251. The van der Waals surface area contributed by atoms with E-state index in [9.17, 15) is 41.5 Å². The Morgan fingerprint density at radius 3 is 1.99 bits per heavy atom. The molecule has 5 rings (SSSR count). The highest BCUT2D eigenvalue weighted by atomic mass is 32.2. The van der Waals surface area contributed by atoms with E-state index >= 15 is 0 Å². The molecule has 0 bridgehead atoms. The van der Waals surface area contributed by atoms with Crippen LogP contribution >= 0.6 is 37.0 Å². The summed E-state index contributed by atoms with van der Waals surface area (Å²) in [5.41, 5.74) is -0.520. The number of amides is 5. The van der Waals surface area contributed by atoms with E-state index in [-0.39, 0.29) is 82.2 Å². The second-order valence-corrected chi connectivity index (χ2v) is 25.1. The number of hydrogen-bond acceptors (Lipinski definition) is 15. The molecule has 3 aromatic rings. The van der Waals surface area contributed by atoms with Crippen molar-refractivity contribution in [1.82, 2.24) is 31.9 Å². The Kier molecular flexibility index (Phi) is 28.7. The van der Waals surface area contributed by atoms with Crippen molar-refractivity contribution in [3.05, 3.63) is 88.5 Å². The lowest BCUT2D eigenvalue weighted by Gasteiger charge is -2.26. The summed E-state index contributed by atoms with van der Waals surface area (Å²) in [5.74, 6) is -10.4. The quantitative estimate of drug-likeness (QED) is 0.00500. The number of benzene rings is 3. The Balaban J connectivity index is 0.980. The first-order chi connectivity index (χ1) is 38.7. The van der Waals surface area contributed by atoms with Crippen LogP contribution in [-0.2, 0) is 19.0 Å². The molecule has 17 nitrogen and oxygen atoms in total. The van der Waals surface area contributed by atoms with E-state index in [1.165, 1.54) is 18.2 Å². The van der Waals surface area contributed by atoms with Gasteiger partial charge < -0.3 is 60.9 Å². The number of fused-ring (bicyclic) bond motifs is 1. The number of hydrogen-bond donors (Lipinski definition) is 9. The number of urea groups is 1. The number of unbranched alkanes of at least 4 members (excludes halogenated alkanes) is 4. The molecule has 0 saturated carbocycles. The van der Waals surface area contributed by atoms with Crippen molar-refractivity contribution in [3.8, 4) is 11.5 Å². The van der Waals surface area contributed by atoms with Gasteiger partial charge >= 0.3 is 12.0 Å². The van der Waals surface area contributed by atoms with Crippen LogP contribution in [-0.4, -0.2) is 147 Å². The molecule has 0 spiro atoms. The average Bonchev–Trinajstić information content (AvgIpc) is 3.98. The highest BCUT2D eigenvalue weighted by Crippen LogP contribution is 2.33. The Bertz CT molecular complexity index is 2470. The Morgan fingerprint density at radius 2 is 1.32 bits per heavy atom. The Labute approximate surface area is 488 Å². The summed E-state index contributed by atoms with van der Waals surface area (Å²) in [5, 5.41) is 21.8. The Morgan fingerprint density at radius 1 is 0.691 bits per heavy atom. The first-order valence-corrected chi connectivity index (χ1v) is 29.7. The first-order valence-electron chi connectivity index (χ1n) is 27.8. The van der Waals surface area contributed by atoms with Crippen LogP contribution in [0.15, 0.2) is 48.5 Å². The lowest BCUT2D eigenvalue weighted by Crippen LogP contribution is -2.45. The van der Waals surface area contributed by atoms with Crippen molar-refractivity contribution in [2.24, 2.45) is 0 Å². The molecule has 2 heterocycles. The summed E-state index contributed by atoms with van der Waals surface area (Å²) in [6.45, 7) is 13.8. The average molecular weight is 1200 g/mol. The molecule has 2 saturated heterocycles. The number of ether oxygens (including phenoxy) is 5. The molecule has 0 radical (unpaired) electrons. The van der Waals surface area contributed by atoms with E-state index < -0.39 is 52.4 Å². The largest absolute Gasteiger partial charge is 0.494 e. The summed E-state index contributed by atoms with van der Waals surface area (Å²) < 4.78 is 84.1. The zero-order chi connectivity index (χ0) is 58.8. The zero-order valence-corrected chi connectivity index (χ0v) is 49.4. The van der Waals surface area contributed by atoms with Gasteiger partial charge in [0.25, 0.3) is 11.8 Å². The van der Waals surface area contributed by atoms with E-state index in [0.717, 1.165) is 88.9 Å². The topological polar surface area (TPSA) is 216 Å². The number of halogens is 4. The molecule has 450 valence electrons. The van der Waals surface area contributed by atoms with Crippen LogP contribution in [0.2, 0.25) is 0 Å². The first kappa shape index (κ1) is 67.0. The third kappa shape index (κ3) is 25.3. The molecule has 2 aliphatic heterocycles.